The molecule has 2 heterocycles. The molecule has 1 aromatic carbocycles. The lowest BCUT2D eigenvalue weighted by Gasteiger charge is -2.05. The van der Waals surface area contributed by atoms with Gasteiger partial charge in [-0.2, -0.15) is 5.10 Å². The Hall–Kier alpha value is -2.16. The van der Waals surface area contributed by atoms with Crippen LogP contribution in [0.25, 0.3) is 16.9 Å². The molecule has 0 bridgehead atoms. The van der Waals surface area contributed by atoms with Gasteiger partial charge in [0.2, 0.25) is 0 Å². The van der Waals surface area contributed by atoms with Crippen molar-refractivity contribution in [2.24, 2.45) is 0 Å². The van der Waals surface area contributed by atoms with Crippen LogP contribution in [0.4, 0.5) is 0 Å². The van der Waals surface area contributed by atoms with E-state index < -0.39 is 0 Å². The van der Waals surface area contributed by atoms with Gasteiger partial charge in [0.1, 0.15) is 0 Å². The van der Waals surface area contributed by atoms with Gasteiger partial charge in [-0.25, -0.2) is 9.50 Å². The summed E-state index contributed by atoms with van der Waals surface area (Å²) in [7, 11) is 0. The Morgan fingerprint density at radius 1 is 1.06 bits per heavy atom. The molecule has 0 fully saturated rings. The zero-order valence-electron chi connectivity index (χ0n) is 9.88. The summed E-state index contributed by atoms with van der Waals surface area (Å²) in [5, 5.41) is 4.31. The third-order valence-corrected chi connectivity index (χ3v) is 2.90. The third kappa shape index (κ3) is 1.60. The lowest BCUT2D eigenvalue weighted by Crippen LogP contribution is -1.97. The lowest BCUT2D eigenvalue weighted by atomic mass is 10.1. The van der Waals surface area contributed by atoms with Crippen molar-refractivity contribution in [3.63, 3.8) is 0 Å². The average Bonchev–Trinajstić information content (AvgIpc) is 2.73. The first-order valence-electron chi connectivity index (χ1n) is 5.63. The molecule has 0 radical (unpaired) electrons. The van der Waals surface area contributed by atoms with E-state index in [9.17, 15) is 0 Å². The van der Waals surface area contributed by atoms with E-state index in [0.717, 1.165) is 28.2 Å². The molecular weight excluding hydrogens is 210 g/mol. The van der Waals surface area contributed by atoms with Gasteiger partial charge in [-0.15, -0.1) is 0 Å². The third-order valence-electron chi connectivity index (χ3n) is 2.90. The molecule has 0 spiro atoms. The number of benzene rings is 1. The molecule has 0 aliphatic rings. The molecule has 3 aromatic rings. The smallest absolute Gasteiger partial charge is 0.158 e. The summed E-state index contributed by atoms with van der Waals surface area (Å²) < 4.78 is 1.88. The summed E-state index contributed by atoms with van der Waals surface area (Å²) in [5.74, 6) is 0. The first kappa shape index (κ1) is 10.0. The minimum absolute atomic E-state index is 0.934. The normalized spacial score (nSPS) is 10.9. The predicted octanol–water partition coefficient (Wildman–Crippen LogP) is 3.01. The molecule has 3 rings (SSSR count). The standard InChI is InChI=1S/C14H13N3/c1-10-9-15-17-11(2)8-13(16-14(10)17)12-6-4-3-5-7-12/h3-9H,1-2H3. The Bertz CT molecular complexity index is 669. The molecule has 0 amide bonds. The van der Waals surface area contributed by atoms with E-state index in [1.807, 2.05) is 42.8 Å². The van der Waals surface area contributed by atoms with E-state index in [1.54, 1.807) is 0 Å². The van der Waals surface area contributed by atoms with Crippen LogP contribution in [0.2, 0.25) is 0 Å². The summed E-state index contributed by atoms with van der Waals surface area (Å²) in [6, 6.07) is 12.3. The molecule has 0 saturated carbocycles. The second kappa shape index (κ2) is 3.70. The van der Waals surface area contributed by atoms with Gasteiger partial charge in [0.15, 0.2) is 5.65 Å². The van der Waals surface area contributed by atoms with Gasteiger partial charge in [-0.1, -0.05) is 30.3 Å². The van der Waals surface area contributed by atoms with Crippen molar-refractivity contribution >= 4 is 5.65 Å². The van der Waals surface area contributed by atoms with Crippen molar-refractivity contribution in [1.82, 2.24) is 14.6 Å². The van der Waals surface area contributed by atoms with Crippen LogP contribution in [-0.4, -0.2) is 14.6 Å². The number of fused-ring (bicyclic) bond motifs is 1. The number of hydrogen-bond acceptors (Lipinski definition) is 2. The number of aryl methyl sites for hydroxylation is 2. The highest BCUT2D eigenvalue weighted by atomic mass is 15.2. The van der Waals surface area contributed by atoms with E-state index in [4.69, 9.17) is 0 Å². The summed E-state index contributed by atoms with van der Waals surface area (Å²) in [4.78, 5) is 4.67. The van der Waals surface area contributed by atoms with E-state index in [1.165, 1.54) is 0 Å². The van der Waals surface area contributed by atoms with Gasteiger partial charge in [0, 0.05) is 16.8 Å². The van der Waals surface area contributed by atoms with Crippen LogP contribution in [0.15, 0.2) is 42.6 Å². The van der Waals surface area contributed by atoms with Crippen LogP contribution in [0.5, 0.6) is 0 Å². The molecule has 2 aromatic heterocycles. The minimum atomic E-state index is 0.934. The number of nitrogens with zero attached hydrogens (tertiary/aromatic N) is 3. The second-order valence-electron chi connectivity index (χ2n) is 4.21. The van der Waals surface area contributed by atoms with E-state index >= 15 is 0 Å². The quantitative estimate of drug-likeness (QED) is 0.634. The van der Waals surface area contributed by atoms with Gasteiger partial charge in [0.05, 0.1) is 11.9 Å². The zero-order valence-corrected chi connectivity index (χ0v) is 9.88. The van der Waals surface area contributed by atoms with Crippen molar-refractivity contribution in [2.75, 3.05) is 0 Å². The fraction of sp³-hybridized carbons (Fsp3) is 0.143. The maximum Gasteiger partial charge on any atom is 0.158 e. The molecule has 3 heteroatoms. The number of hydrogen-bond donors (Lipinski definition) is 0. The number of aromatic nitrogens is 3. The highest BCUT2D eigenvalue weighted by Crippen LogP contribution is 2.20. The van der Waals surface area contributed by atoms with Crippen LogP contribution < -0.4 is 0 Å². The Labute approximate surface area is 99.7 Å². The van der Waals surface area contributed by atoms with Crippen molar-refractivity contribution in [1.29, 1.82) is 0 Å². The molecule has 17 heavy (non-hydrogen) atoms. The van der Waals surface area contributed by atoms with Crippen molar-refractivity contribution in [3.8, 4) is 11.3 Å². The van der Waals surface area contributed by atoms with Crippen LogP contribution in [0, 0.1) is 13.8 Å². The molecule has 84 valence electrons. The maximum atomic E-state index is 4.67. The molecule has 0 aliphatic heterocycles. The summed E-state index contributed by atoms with van der Waals surface area (Å²) >= 11 is 0. The van der Waals surface area contributed by atoms with Crippen LogP contribution in [-0.2, 0) is 0 Å². The predicted molar refractivity (Wildman–Crippen MR) is 67.9 cm³/mol. The molecular formula is C14H13N3. The zero-order chi connectivity index (χ0) is 11.8. The summed E-state index contributed by atoms with van der Waals surface area (Å²) in [6.45, 7) is 4.08. The van der Waals surface area contributed by atoms with E-state index in [0.29, 0.717) is 0 Å². The van der Waals surface area contributed by atoms with Crippen LogP contribution in [0.3, 0.4) is 0 Å². The second-order valence-corrected chi connectivity index (χ2v) is 4.21. The SMILES string of the molecule is Cc1cnn2c(C)cc(-c3ccccc3)nc12. The maximum absolute atomic E-state index is 4.67. The topological polar surface area (TPSA) is 30.2 Å². The first-order chi connectivity index (χ1) is 8.25. The van der Waals surface area contributed by atoms with Crippen LogP contribution >= 0.6 is 0 Å². The van der Waals surface area contributed by atoms with Gasteiger partial charge in [-0.05, 0) is 19.9 Å². The Morgan fingerprint density at radius 3 is 2.59 bits per heavy atom. The van der Waals surface area contributed by atoms with Gasteiger partial charge in [0.25, 0.3) is 0 Å². The molecule has 0 unspecified atom stereocenters. The van der Waals surface area contributed by atoms with E-state index in [2.05, 4.69) is 28.3 Å². The van der Waals surface area contributed by atoms with Gasteiger partial charge < -0.3 is 0 Å². The van der Waals surface area contributed by atoms with Gasteiger partial charge >= 0.3 is 0 Å². The van der Waals surface area contributed by atoms with Crippen LogP contribution in [0.1, 0.15) is 11.3 Å². The number of rotatable bonds is 1. The van der Waals surface area contributed by atoms with Crippen molar-refractivity contribution in [3.05, 3.63) is 53.9 Å². The highest BCUT2D eigenvalue weighted by molar-refractivity contribution is 5.63. The highest BCUT2D eigenvalue weighted by Gasteiger charge is 2.07. The monoisotopic (exact) mass is 223 g/mol. The molecule has 0 aliphatic carbocycles. The minimum Gasteiger partial charge on any atom is -0.228 e. The van der Waals surface area contributed by atoms with Crippen molar-refractivity contribution in [2.45, 2.75) is 13.8 Å². The summed E-state index contributed by atoms with van der Waals surface area (Å²) in [6.07, 6.45) is 1.85. The lowest BCUT2D eigenvalue weighted by molar-refractivity contribution is 0.896. The molecule has 0 atom stereocenters. The largest absolute Gasteiger partial charge is 0.228 e. The van der Waals surface area contributed by atoms with Gasteiger partial charge in [-0.3, -0.25) is 0 Å². The summed E-state index contributed by atoms with van der Waals surface area (Å²) in [5.41, 5.74) is 5.27. The first-order valence-corrected chi connectivity index (χ1v) is 5.63. The van der Waals surface area contributed by atoms with Crippen molar-refractivity contribution < 1.29 is 0 Å². The Morgan fingerprint density at radius 2 is 1.82 bits per heavy atom. The molecule has 3 nitrogen and oxygen atoms in total. The fourth-order valence-electron chi connectivity index (χ4n) is 1.98. The average molecular weight is 223 g/mol. The Balaban J connectivity index is 2.28. The molecule has 0 saturated heterocycles. The molecule has 0 N–H and O–H groups in total. The van der Waals surface area contributed by atoms with E-state index in [-0.39, 0.29) is 0 Å². The fourth-order valence-corrected chi connectivity index (χ4v) is 1.98. The Kier molecular flexibility index (Phi) is 2.18.